The molecule has 0 bridgehead atoms. The van der Waals surface area contributed by atoms with E-state index in [1.165, 1.54) is 5.56 Å². The minimum absolute atomic E-state index is 0.692. The topological polar surface area (TPSA) is 21.6 Å². The van der Waals surface area contributed by atoms with Gasteiger partial charge >= 0.3 is 0 Å². The Hall–Kier alpha value is -1.09. The molecule has 0 spiro atoms. The van der Waals surface area contributed by atoms with Crippen molar-refractivity contribution in [2.75, 3.05) is 13.7 Å². The highest BCUT2D eigenvalue weighted by atomic mass is 79.9. The summed E-state index contributed by atoms with van der Waals surface area (Å²) >= 11 is 3.46. The van der Waals surface area contributed by atoms with Crippen LogP contribution in [0.3, 0.4) is 0 Å². The second-order valence-electron chi connectivity index (χ2n) is 3.08. The normalized spacial score (nSPS) is 16.9. The molecule has 0 saturated heterocycles. The van der Waals surface area contributed by atoms with Gasteiger partial charge in [-0.2, -0.15) is 0 Å². The molecule has 0 aliphatic carbocycles. The highest BCUT2D eigenvalue weighted by molar-refractivity contribution is 9.10. The Morgan fingerprint density at radius 3 is 3.14 bits per heavy atom. The number of methoxy groups -OCH3 is 1. The maximum atomic E-state index is 5.03. The number of hydrogen-bond donors (Lipinski definition) is 0. The molecule has 1 aliphatic heterocycles. The molecule has 72 valence electrons. The van der Waals surface area contributed by atoms with Gasteiger partial charge in [0.1, 0.15) is 0 Å². The molecule has 1 aromatic carbocycles. The van der Waals surface area contributed by atoms with Crippen molar-refractivity contribution in [2.24, 2.45) is 4.99 Å². The average Bonchev–Trinajstić information content (AvgIpc) is 2.19. The SMILES string of the molecule is CO/C=C1/CN=Cc2ccc(Br)cc21. The van der Waals surface area contributed by atoms with E-state index in [0.29, 0.717) is 6.54 Å². The van der Waals surface area contributed by atoms with E-state index in [1.807, 2.05) is 18.3 Å². The lowest BCUT2D eigenvalue weighted by Gasteiger charge is -2.13. The van der Waals surface area contributed by atoms with Crippen LogP contribution >= 0.6 is 15.9 Å². The van der Waals surface area contributed by atoms with Crippen LogP contribution in [0.1, 0.15) is 11.1 Å². The minimum Gasteiger partial charge on any atom is -0.504 e. The Morgan fingerprint density at radius 1 is 1.50 bits per heavy atom. The highest BCUT2D eigenvalue weighted by Crippen LogP contribution is 2.25. The third-order valence-electron chi connectivity index (χ3n) is 2.11. The molecule has 1 heterocycles. The molecule has 1 aromatic rings. The van der Waals surface area contributed by atoms with Gasteiger partial charge in [0.15, 0.2) is 0 Å². The molecular formula is C11H10BrNO. The first kappa shape index (κ1) is 9.46. The lowest BCUT2D eigenvalue weighted by atomic mass is 9.99. The maximum absolute atomic E-state index is 5.03. The summed E-state index contributed by atoms with van der Waals surface area (Å²) in [4.78, 5) is 4.26. The summed E-state index contributed by atoms with van der Waals surface area (Å²) in [6, 6.07) is 6.15. The molecule has 1 aliphatic rings. The quantitative estimate of drug-likeness (QED) is 0.704. The number of rotatable bonds is 1. The second-order valence-corrected chi connectivity index (χ2v) is 4.00. The van der Waals surface area contributed by atoms with E-state index in [1.54, 1.807) is 13.4 Å². The van der Waals surface area contributed by atoms with E-state index in [4.69, 9.17) is 4.74 Å². The van der Waals surface area contributed by atoms with E-state index < -0.39 is 0 Å². The molecule has 2 nitrogen and oxygen atoms in total. The average molecular weight is 252 g/mol. The van der Waals surface area contributed by atoms with E-state index in [-0.39, 0.29) is 0 Å². The van der Waals surface area contributed by atoms with Crippen molar-refractivity contribution in [3.63, 3.8) is 0 Å². The third kappa shape index (κ3) is 1.73. The van der Waals surface area contributed by atoms with Crippen molar-refractivity contribution in [2.45, 2.75) is 0 Å². The van der Waals surface area contributed by atoms with Crippen LogP contribution in [0.4, 0.5) is 0 Å². The molecule has 3 heteroatoms. The number of hydrogen-bond acceptors (Lipinski definition) is 2. The zero-order valence-electron chi connectivity index (χ0n) is 7.83. The second kappa shape index (κ2) is 3.96. The van der Waals surface area contributed by atoms with Gasteiger partial charge in [0.25, 0.3) is 0 Å². The van der Waals surface area contributed by atoms with Gasteiger partial charge in [-0.1, -0.05) is 22.0 Å². The molecule has 14 heavy (non-hydrogen) atoms. The Morgan fingerprint density at radius 2 is 2.36 bits per heavy atom. The molecule has 0 unspecified atom stereocenters. The van der Waals surface area contributed by atoms with Crippen LogP contribution in [-0.4, -0.2) is 19.9 Å². The summed E-state index contributed by atoms with van der Waals surface area (Å²) in [5.41, 5.74) is 3.45. The Kier molecular flexibility index (Phi) is 2.68. The fraction of sp³-hybridized carbons (Fsp3) is 0.182. The highest BCUT2D eigenvalue weighted by Gasteiger charge is 2.10. The van der Waals surface area contributed by atoms with Crippen LogP contribution in [0.15, 0.2) is 33.9 Å². The van der Waals surface area contributed by atoms with Crippen LogP contribution in [0.25, 0.3) is 5.57 Å². The van der Waals surface area contributed by atoms with Gasteiger partial charge in [0, 0.05) is 21.8 Å². The predicted molar refractivity (Wildman–Crippen MR) is 61.6 cm³/mol. The van der Waals surface area contributed by atoms with Crippen LogP contribution in [0.5, 0.6) is 0 Å². The lowest BCUT2D eigenvalue weighted by Crippen LogP contribution is -2.02. The molecule has 0 aromatic heterocycles. The summed E-state index contributed by atoms with van der Waals surface area (Å²) in [6.07, 6.45) is 3.65. The maximum Gasteiger partial charge on any atom is 0.0881 e. The Bertz CT molecular complexity index is 410. The van der Waals surface area contributed by atoms with E-state index in [0.717, 1.165) is 15.6 Å². The zero-order chi connectivity index (χ0) is 9.97. The molecule has 0 fully saturated rings. The monoisotopic (exact) mass is 251 g/mol. The van der Waals surface area contributed by atoms with Crippen molar-refractivity contribution in [1.82, 2.24) is 0 Å². The standard InChI is InChI=1S/C11H10BrNO/c1-14-7-9-6-13-5-8-2-3-10(12)4-11(8)9/h2-5,7H,6H2,1H3/b9-7-. The number of aliphatic imine (C=N–C) groups is 1. The molecule has 0 radical (unpaired) electrons. The minimum atomic E-state index is 0.692. The molecule has 0 amide bonds. The molecule has 2 rings (SSSR count). The Labute approximate surface area is 91.4 Å². The van der Waals surface area contributed by atoms with E-state index >= 15 is 0 Å². The predicted octanol–water partition coefficient (Wildman–Crippen LogP) is 2.87. The smallest absolute Gasteiger partial charge is 0.0881 e. The van der Waals surface area contributed by atoms with Gasteiger partial charge in [-0.25, -0.2) is 0 Å². The van der Waals surface area contributed by atoms with Crippen molar-refractivity contribution in [1.29, 1.82) is 0 Å². The van der Waals surface area contributed by atoms with Crippen molar-refractivity contribution in [3.8, 4) is 0 Å². The number of halogens is 1. The van der Waals surface area contributed by atoms with Crippen molar-refractivity contribution >= 4 is 27.7 Å². The van der Waals surface area contributed by atoms with Gasteiger partial charge in [-0.3, -0.25) is 4.99 Å². The zero-order valence-corrected chi connectivity index (χ0v) is 9.41. The third-order valence-corrected chi connectivity index (χ3v) is 2.61. The molecule has 0 N–H and O–H groups in total. The van der Waals surface area contributed by atoms with E-state index in [9.17, 15) is 0 Å². The van der Waals surface area contributed by atoms with E-state index in [2.05, 4.69) is 27.0 Å². The molecule has 0 saturated carbocycles. The first-order valence-electron chi connectivity index (χ1n) is 4.33. The summed E-state index contributed by atoms with van der Waals surface area (Å²) in [5.74, 6) is 0. The van der Waals surface area contributed by atoms with Gasteiger partial charge in [-0.05, 0) is 17.7 Å². The van der Waals surface area contributed by atoms with Gasteiger partial charge in [0.05, 0.1) is 19.9 Å². The molecular weight excluding hydrogens is 242 g/mol. The van der Waals surface area contributed by atoms with Gasteiger partial charge < -0.3 is 4.74 Å². The lowest BCUT2D eigenvalue weighted by molar-refractivity contribution is 0.339. The molecule has 0 atom stereocenters. The van der Waals surface area contributed by atoms with Gasteiger partial charge in [-0.15, -0.1) is 0 Å². The van der Waals surface area contributed by atoms with Crippen LogP contribution in [0, 0.1) is 0 Å². The number of ether oxygens (including phenoxy) is 1. The summed E-state index contributed by atoms with van der Waals surface area (Å²) < 4.78 is 6.10. The first-order valence-corrected chi connectivity index (χ1v) is 5.12. The summed E-state index contributed by atoms with van der Waals surface area (Å²) in [5, 5.41) is 0. The fourth-order valence-corrected chi connectivity index (χ4v) is 1.85. The number of fused-ring (bicyclic) bond motifs is 1. The van der Waals surface area contributed by atoms with Gasteiger partial charge in [0.2, 0.25) is 0 Å². The number of benzene rings is 1. The fourth-order valence-electron chi connectivity index (χ4n) is 1.49. The van der Waals surface area contributed by atoms with Crippen LogP contribution < -0.4 is 0 Å². The summed E-state index contributed by atoms with van der Waals surface area (Å²) in [6.45, 7) is 0.692. The van der Waals surface area contributed by atoms with Crippen molar-refractivity contribution in [3.05, 3.63) is 40.1 Å². The Balaban J connectivity index is 2.53. The first-order chi connectivity index (χ1) is 6.81. The summed E-state index contributed by atoms with van der Waals surface area (Å²) in [7, 11) is 1.66. The van der Waals surface area contributed by atoms with Crippen molar-refractivity contribution < 1.29 is 4.74 Å². The van der Waals surface area contributed by atoms with Crippen LogP contribution in [0.2, 0.25) is 0 Å². The largest absolute Gasteiger partial charge is 0.504 e. The number of nitrogens with zero attached hydrogens (tertiary/aromatic N) is 1. The van der Waals surface area contributed by atoms with Crippen LogP contribution in [-0.2, 0) is 4.74 Å².